The lowest BCUT2D eigenvalue weighted by molar-refractivity contribution is -0.135. The van der Waals surface area contributed by atoms with Crippen molar-refractivity contribution in [1.82, 2.24) is 20.4 Å². The third-order valence-electron chi connectivity index (χ3n) is 7.73. The van der Waals surface area contributed by atoms with Gasteiger partial charge in [0.2, 0.25) is 5.91 Å². The van der Waals surface area contributed by atoms with Gasteiger partial charge in [0.05, 0.1) is 7.11 Å². The number of hydrogen-bond donors (Lipinski definition) is 2. The number of carbonyl (C=O) groups excluding carboxylic acids is 2. The summed E-state index contributed by atoms with van der Waals surface area (Å²) in [7, 11) is 3.72. The Morgan fingerprint density at radius 1 is 1.05 bits per heavy atom. The fourth-order valence-electron chi connectivity index (χ4n) is 5.08. The van der Waals surface area contributed by atoms with Crippen LogP contribution in [0.3, 0.4) is 0 Å². The fraction of sp³-hybridized carbons (Fsp3) is 0.517. The first kappa shape index (κ1) is 27.1. The predicted octanol–water partition coefficient (Wildman–Crippen LogP) is 3.41. The highest BCUT2D eigenvalue weighted by Crippen LogP contribution is 2.51. The molecule has 2 aromatic rings. The van der Waals surface area contributed by atoms with Crippen molar-refractivity contribution in [1.29, 1.82) is 0 Å². The van der Waals surface area contributed by atoms with Gasteiger partial charge in [0.15, 0.2) is 0 Å². The number of unbranched alkanes of at least 4 members (excludes halogenated alkanes) is 1. The molecule has 1 heterocycles. The average molecular weight is 511 g/mol. The van der Waals surface area contributed by atoms with Crippen LogP contribution in [-0.2, 0) is 4.79 Å². The summed E-state index contributed by atoms with van der Waals surface area (Å²) in [6.07, 6.45) is 3.38. The highest BCUT2D eigenvalue weighted by atomic mass is 19.1. The van der Waals surface area contributed by atoms with Crippen LogP contribution in [0, 0.1) is 5.82 Å². The lowest BCUT2D eigenvalue weighted by Gasteiger charge is -2.34. The van der Waals surface area contributed by atoms with Crippen molar-refractivity contribution in [3.8, 4) is 5.75 Å². The maximum atomic E-state index is 13.3. The zero-order valence-corrected chi connectivity index (χ0v) is 22.1. The molecule has 1 unspecified atom stereocenters. The number of nitrogens with zero attached hydrogens (tertiary/aromatic N) is 2. The van der Waals surface area contributed by atoms with Crippen LogP contribution in [-0.4, -0.2) is 80.1 Å². The van der Waals surface area contributed by atoms with Crippen molar-refractivity contribution in [3.63, 3.8) is 0 Å². The third kappa shape index (κ3) is 7.08. The zero-order valence-electron chi connectivity index (χ0n) is 22.1. The Hall–Kier alpha value is -2.97. The van der Waals surface area contributed by atoms with Crippen molar-refractivity contribution in [2.45, 2.75) is 50.1 Å². The smallest absolute Gasteiger partial charge is 0.251 e. The second-order valence-electron chi connectivity index (χ2n) is 10.5. The number of rotatable bonds is 11. The zero-order chi connectivity index (χ0) is 26.4. The molecule has 2 fully saturated rings. The van der Waals surface area contributed by atoms with Gasteiger partial charge in [-0.25, -0.2) is 4.39 Å². The van der Waals surface area contributed by atoms with E-state index in [1.165, 1.54) is 29.8 Å². The maximum absolute atomic E-state index is 13.3. The van der Waals surface area contributed by atoms with E-state index in [1.807, 2.05) is 24.1 Å². The van der Waals surface area contributed by atoms with Gasteiger partial charge in [-0.1, -0.05) is 12.1 Å². The van der Waals surface area contributed by atoms with E-state index in [2.05, 4.69) is 34.6 Å². The maximum Gasteiger partial charge on any atom is 0.251 e. The molecule has 1 saturated heterocycles. The highest BCUT2D eigenvalue weighted by Gasteiger charge is 2.50. The number of likely N-dealkylation sites (N-methyl/N-ethyl adjacent to an activating group) is 1. The first-order valence-electron chi connectivity index (χ1n) is 13.2. The molecule has 2 N–H and O–H groups in total. The van der Waals surface area contributed by atoms with E-state index in [0.29, 0.717) is 31.0 Å². The van der Waals surface area contributed by atoms with Gasteiger partial charge in [0.25, 0.3) is 5.91 Å². The van der Waals surface area contributed by atoms with Crippen LogP contribution in [0.5, 0.6) is 5.75 Å². The summed E-state index contributed by atoms with van der Waals surface area (Å²) in [6, 6.07) is 13.1. The van der Waals surface area contributed by atoms with Crippen LogP contribution in [0.1, 0.15) is 54.4 Å². The van der Waals surface area contributed by atoms with E-state index in [4.69, 9.17) is 4.74 Å². The van der Waals surface area contributed by atoms with Gasteiger partial charge in [-0.3, -0.25) is 9.59 Å². The molecule has 1 saturated carbocycles. The first-order valence-corrected chi connectivity index (χ1v) is 13.2. The molecular formula is C29H39FN4O3. The normalized spacial score (nSPS) is 22.4. The van der Waals surface area contributed by atoms with Gasteiger partial charge in [0.1, 0.15) is 17.6 Å². The van der Waals surface area contributed by atoms with Gasteiger partial charge in [-0.15, -0.1) is 0 Å². The number of hydrogen-bond acceptors (Lipinski definition) is 5. The number of halogens is 1. The molecule has 8 heteroatoms. The molecule has 1 aliphatic heterocycles. The van der Waals surface area contributed by atoms with Crippen LogP contribution in [0.2, 0.25) is 0 Å². The van der Waals surface area contributed by atoms with Crippen LogP contribution >= 0.6 is 0 Å². The number of amides is 2. The molecular weight excluding hydrogens is 471 g/mol. The Kier molecular flexibility index (Phi) is 8.82. The van der Waals surface area contributed by atoms with E-state index in [9.17, 15) is 14.0 Å². The minimum atomic E-state index is -0.593. The molecule has 0 radical (unpaired) electrons. The molecule has 0 bridgehead atoms. The standard InChI is InChI=1S/C29H39FN4O3/c1-29(20-25(29)21-9-13-24(37-3)14-10-21)31-15-5-4-6-26(28(36)34-18-16-33(2)17-19-34)32-27(35)22-7-11-23(30)12-8-22/h7-14,25-26,31H,4-6,15-20H2,1-3H3,(H,32,35)/t25-,26-,29?/m0/s1. The average Bonchev–Trinajstić information content (AvgIpc) is 3.59. The monoisotopic (exact) mass is 510 g/mol. The summed E-state index contributed by atoms with van der Waals surface area (Å²) < 4.78 is 18.5. The molecule has 3 atom stereocenters. The van der Waals surface area contributed by atoms with E-state index in [1.54, 1.807) is 7.11 Å². The number of methoxy groups -OCH3 is 1. The second kappa shape index (κ2) is 12.0. The van der Waals surface area contributed by atoms with Gasteiger partial charge in [-0.05, 0) is 88.2 Å². The fourth-order valence-corrected chi connectivity index (χ4v) is 5.08. The Balaban J connectivity index is 1.28. The largest absolute Gasteiger partial charge is 0.497 e. The molecule has 2 aromatic carbocycles. The predicted molar refractivity (Wildman–Crippen MR) is 142 cm³/mol. The van der Waals surface area contributed by atoms with Crippen molar-refractivity contribution >= 4 is 11.8 Å². The molecule has 200 valence electrons. The second-order valence-corrected chi connectivity index (χ2v) is 10.5. The van der Waals surface area contributed by atoms with Crippen molar-refractivity contribution in [2.75, 3.05) is 46.9 Å². The van der Waals surface area contributed by atoms with Crippen molar-refractivity contribution < 1.29 is 18.7 Å². The summed E-state index contributed by atoms with van der Waals surface area (Å²) in [4.78, 5) is 30.2. The number of carbonyl (C=O) groups is 2. The number of ether oxygens (including phenoxy) is 1. The molecule has 37 heavy (non-hydrogen) atoms. The lowest BCUT2D eigenvalue weighted by Crippen LogP contribution is -2.54. The van der Waals surface area contributed by atoms with E-state index < -0.39 is 11.9 Å². The molecule has 7 nitrogen and oxygen atoms in total. The van der Waals surface area contributed by atoms with Gasteiger partial charge < -0.3 is 25.2 Å². The number of piperazine rings is 1. The van der Waals surface area contributed by atoms with Crippen LogP contribution in [0.15, 0.2) is 48.5 Å². The summed E-state index contributed by atoms with van der Waals surface area (Å²) in [6.45, 7) is 6.06. The molecule has 2 amide bonds. The topological polar surface area (TPSA) is 73.9 Å². The Morgan fingerprint density at radius 3 is 2.38 bits per heavy atom. The quantitative estimate of drug-likeness (QED) is 0.454. The molecule has 4 rings (SSSR count). The van der Waals surface area contributed by atoms with Crippen molar-refractivity contribution in [3.05, 3.63) is 65.5 Å². The summed E-state index contributed by atoms with van der Waals surface area (Å²) in [5.74, 6) is 0.572. The Bertz CT molecular complexity index is 1050. The Labute approximate surface area is 219 Å². The van der Waals surface area contributed by atoms with Gasteiger partial charge >= 0.3 is 0 Å². The van der Waals surface area contributed by atoms with Gasteiger partial charge in [-0.2, -0.15) is 0 Å². The highest BCUT2D eigenvalue weighted by molar-refractivity contribution is 5.97. The summed E-state index contributed by atoms with van der Waals surface area (Å²) in [5, 5.41) is 6.62. The van der Waals surface area contributed by atoms with Gasteiger partial charge in [0, 0.05) is 43.2 Å². The molecule has 1 aliphatic carbocycles. The van der Waals surface area contributed by atoms with E-state index in [-0.39, 0.29) is 17.4 Å². The molecule has 0 spiro atoms. The summed E-state index contributed by atoms with van der Waals surface area (Å²) in [5.41, 5.74) is 1.75. The van der Waals surface area contributed by atoms with Crippen LogP contribution in [0.4, 0.5) is 4.39 Å². The number of benzene rings is 2. The lowest BCUT2D eigenvalue weighted by atomic mass is 10.1. The van der Waals surface area contributed by atoms with Crippen LogP contribution in [0.25, 0.3) is 0 Å². The number of nitrogens with one attached hydrogen (secondary N) is 2. The minimum Gasteiger partial charge on any atom is -0.497 e. The summed E-state index contributed by atoms with van der Waals surface area (Å²) >= 11 is 0. The van der Waals surface area contributed by atoms with E-state index >= 15 is 0 Å². The van der Waals surface area contributed by atoms with Crippen LogP contribution < -0.4 is 15.4 Å². The Morgan fingerprint density at radius 2 is 1.73 bits per heavy atom. The SMILES string of the molecule is COc1ccc([C@@H]2CC2(C)NCCCC[C@H](NC(=O)c2ccc(F)cc2)C(=O)N2CCN(C)CC2)cc1. The van der Waals surface area contributed by atoms with Crippen molar-refractivity contribution in [2.24, 2.45) is 0 Å². The molecule has 0 aromatic heterocycles. The molecule has 2 aliphatic rings. The van der Waals surface area contributed by atoms with E-state index in [0.717, 1.165) is 44.6 Å². The first-order chi connectivity index (χ1) is 17.8. The third-order valence-corrected chi connectivity index (χ3v) is 7.73. The minimum absolute atomic E-state index is 0.0368.